The molecule has 5 nitrogen and oxygen atoms in total. The normalized spacial score (nSPS) is 9.82. The van der Waals surface area contributed by atoms with Crippen molar-refractivity contribution < 1.29 is 9.53 Å². The molecule has 7 heteroatoms. The predicted octanol–water partition coefficient (Wildman–Crippen LogP) is 1.65. The van der Waals surface area contributed by atoms with Crippen molar-refractivity contribution in [3.05, 3.63) is 16.5 Å². The van der Waals surface area contributed by atoms with Crippen LogP contribution in [0.15, 0.2) is 6.07 Å². The Kier molecular flexibility index (Phi) is 5.33. The van der Waals surface area contributed by atoms with E-state index in [2.05, 4.69) is 10.7 Å². The van der Waals surface area contributed by atoms with Crippen LogP contribution in [0.1, 0.15) is 29.1 Å². The number of anilines is 1. The molecule has 0 aliphatic rings. The topological polar surface area (TPSA) is 76.4 Å². The second-order valence-electron chi connectivity index (χ2n) is 3.13. The van der Waals surface area contributed by atoms with E-state index in [4.69, 9.17) is 22.8 Å². The van der Waals surface area contributed by atoms with E-state index >= 15 is 0 Å². The van der Waals surface area contributed by atoms with E-state index in [1.54, 1.807) is 6.92 Å². The van der Waals surface area contributed by atoms with Gasteiger partial charge in [-0.15, -0.1) is 11.3 Å². The lowest BCUT2D eigenvalue weighted by atomic mass is 10.2. The predicted molar refractivity (Wildman–Crippen MR) is 73.2 cm³/mol. The number of thiophene rings is 1. The molecule has 1 aromatic rings. The summed E-state index contributed by atoms with van der Waals surface area (Å²) in [7, 11) is 0. The highest BCUT2D eigenvalue weighted by atomic mass is 32.1. The minimum absolute atomic E-state index is 0.264. The van der Waals surface area contributed by atoms with Crippen molar-refractivity contribution in [2.45, 2.75) is 20.3 Å². The van der Waals surface area contributed by atoms with Gasteiger partial charge in [-0.05, 0) is 31.6 Å². The summed E-state index contributed by atoms with van der Waals surface area (Å²) in [5.74, 6) is 4.82. The summed E-state index contributed by atoms with van der Waals surface area (Å²) in [6.07, 6.45) is 0.849. The van der Waals surface area contributed by atoms with E-state index < -0.39 is 0 Å². The van der Waals surface area contributed by atoms with Crippen molar-refractivity contribution in [3.63, 3.8) is 0 Å². The van der Waals surface area contributed by atoms with Crippen molar-refractivity contribution in [1.82, 2.24) is 5.43 Å². The number of carbonyl (C=O) groups is 1. The van der Waals surface area contributed by atoms with Gasteiger partial charge in [-0.2, -0.15) is 0 Å². The average Bonchev–Trinajstić information content (AvgIpc) is 2.72. The number of thiocarbonyl (C=S) groups is 1. The van der Waals surface area contributed by atoms with E-state index in [0.717, 1.165) is 11.3 Å². The quantitative estimate of drug-likeness (QED) is 0.335. The van der Waals surface area contributed by atoms with Gasteiger partial charge in [0.2, 0.25) is 0 Å². The standard InChI is InChI=1S/C10H15N3O2S2/c1-3-6-5-7(9(14)15-4-2)8(17-6)12-10(16)13-11/h5H,3-4,11H2,1-2H3,(H2,12,13,16). The number of nitrogens with two attached hydrogens (primary N) is 1. The second kappa shape index (κ2) is 6.53. The summed E-state index contributed by atoms with van der Waals surface area (Å²) in [6.45, 7) is 4.13. The van der Waals surface area contributed by atoms with E-state index in [9.17, 15) is 4.79 Å². The number of hydrazine groups is 1. The smallest absolute Gasteiger partial charge is 0.341 e. The number of ether oxygens (including phenoxy) is 1. The Hall–Kier alpha value is -1.18. The summed E-state index contributed by atoms with van der Waals surface area (Å²) >= 11 is 6.36. The van der Waals surface area contributed by atoms with Gasteiger partial charge >= 0.3 is 5.97 Å². The highest BCUT2D eigenvalue weighted by Crippen LogP contribution is 2.29. The summed E-state index contributed by atoms with van der Waals surface area (Å²) in [5.41, 5.74) is 2.81. The van der Waals surface area contributed by atoms with E-state index in [0.29, 0.717) is 17.2 Å². The summed E-state index contributed by atoms with van der Waals surface area (Å²) in [5, 5.41) is 3.79. The van der Waals surface area contributed by atoms with Crippen LogP contribution in [-0.4, -0.2) is 17.7 Å². The first-order chi connectivity index (χ1) is 8.12. The van der Waals surface area contributed by atoms with Crippen molar-refractivity contribution >= 4 is 39.6 Å². The molecule has 0 bridgehead atoms. The van der Waals surface area contributed by atoms with Crippen molar-refractivity contribution in [3.8, 4) is 0 Å². The molecule has 0 radical (unpaired) electrons. The Balaban J connectivity index is 2.96. The molecule has 0 aromatic carbocycles. The first kappa shape index (κ1) is 13.9. The maximum atomic E-state index is 11.7. The van der Waals surface area contributed by atoms with Crippen LogP contribution in [0.2, 0.25) is 0 Å². The maximum absolute atomic E-state index is 11.7. The number of rotatable bonds is 4. The highest BCUT2D eigenvalue weighted by molar-refractivity contribution is 7.80. The molecule has 0 saturated carbocycles. The van der Waals surface area contributed by atoms with Gasteiger partial charge < -0.3 is 15.5 Å². The molecule has 1 aromatic heterocycles. The fourth-order valence-corrected chi connectivity index (χ4v) is 2.36. The van der Waals surface area contributed by atoms with Crippen molar-refractivity contribution in [2.24, 2.45) is 5.84 Å². The maximum Gasteiger partial charge on any atom is 0.341 e. The lowest BCUT2D eigenvalue weighted by Crippen LogP contribution is -2.34. The molecule has 0 aliphatic heterocycles. The molecule has 0 spiro atoms. The van der Waals surface area contributed by atoms with Crippen LogP contribution >= 0.6 is 23.6 Å². The van der Waals surface area contributed by atoms with Gasteiger partial charge in [-0.1, -0.05) is 6.92 Å². The summed E-state index contributed by atoms with van der Waals surface area (Å²) in [4.78, 5) is 12.8. The van der Waals surface area contributed by atoms with Crippen LogP contribution < -0.4 is 16.6 Å². The minimum Gasteiger partial charge on any atom is -0.462 e. The monoisotopic (exact) mass is 273 g/mol. The SMILES string of the molecule is CCOC(=O)c1cc(CC)sc1NC(=S)NN. The largest absolute Gasteiger partial charge is 0.462 e. The first-order valence-electron chi connectivity index (χ1n) is 5.19. The third kappa shape index (κ3) is 3.65. The number of hydrogen-bond acceptors (Lipinski definition) is 5. The van der Waals surface area contributed by atoms with E-state index in [-0.39, 0.29) is 11.1 Å². The lowest BCUT2D eigenvalue weighted by Gasteiger charge is -2.06. The summed E-state index contributed by atoms with van der Waals surface area (Å²) in [6, 6.07) is 1.81. The summed E-state index contributed by atoms with van der Waals surface area (Å²) < 4.78 is 4.97. The van der Waals surface area contributed by atoms with E-state index in [1.807, 2.05) is 13.0 Å². The lowest BCUT2D eigenvalue weighted by molar-refractivity contribution is 0.0528. The second-order valence-corrected chi connectivity index (χ2v) is 4.67. The van der Waals surface area contributed by atoms with Gasteiger partial charge in [0.15, 0.2) is 5.11 Å². The first-order valence-corrected chi connectivity index (χ1v) is 6.42. The molecule has 0 atom stereocenters. The Labute approximate surface area is 109 Å². The Bertz CT molecular complexity index is 418. The molecule has 0 aliphatic carbocycles. The highest BCUT2D eigenvalue weighted by Gasteiger charge is 2.17. The van der Waals surface area contributed by atoms with Crippen LogP contribution in [0.3, 0.4) is 0 Å². The zero-order chi connectivity index (χ0) is 12.8. The Morgan fingerprint density at radius 1 is 1.59 bits per heavy atom. The van der Waals surface area contributed by atoms with Crippen molar-refractivity contribution in [1.29, 1.82) is 0 Å². The fraction of sp³-hybridized carbons (Fsp3) is 0.400. The third-order valence-corrected chi connectivity index (χ3v) is 3.40. The van der Waals surface area contributed by atoms with Gasteiger partial charge in [0.1, 0.15) is 5.00 Å². The van der Waals surface area contributed by atoms with Gasteiger partial charge in [-0.3, -0.25) is 0 Å². The molecule has 0 saturated heterocycles. The van der Waals surface area contributed by atoms with Gasteiger partial charge in [0.25, 0.3) is 0 Å². The van der Waals surface area contributed by atoms with Gasteiger partial charge in [-0.25, -0.2) is 10.6 Å². The average molecular weight is 273 g/mol. The number of esters is 1. The molecule has 17 heavy (non-hydrogen) atoms. The van der Waals surface area contributed by atoms with Crippen LogP contribution in [0.5, 0.6) is 0 Å². The third-order valence-electron chi connectivity index (χ3n) is 1.99. The number of carbonyl (C=O) groups excluding carboxylic acids is 1. The van der Waals surface area contributed by atoms with Crippen LogP contribution in [0.4, 0.5) is 5.00 Å². The van der Waals surface area contributed by atoms with Gasteiger partial charge in [0, 0.05) is 4.88 Å². The fourth-order valence-electron chi connectivity index (χ4n) is 1.21. The Morgan fingerprint density at radius 3 is 2.82 bits per heavy atom. The van der Waals surface area contributed by atoms with E-state index in [1.165, 1.54) is 11.3 Å². The minimum atomic E-state index is -0.356. The number of hydrogen-bond donors (Lipinski definition) is 3. The zero-order valence-electron chi connectivity index (χ0n) is 9.70. The molecule has 1 heterocycles. The Morgan fingerprint density at radius 2 is 2.29 bits per heavy atom. The molecule has 94 valence electrons. The number of aryl methyl sites for hydroxylation is 1. The van der Waals surface area contributed by atoms with Crippen LogP contribution in [0.25, 0.3) is 0 Å². The van der Waals surface area contributed by atoms with Crippen molar-refractivity contribution in [2.75, 3.05) is 11.9 Å². The molecule has 0 amide bonds. The molecule has 0 unspecified atom stereocenters. The molecule has 1 rings (SSSR count). The molecular formula is C10H15N3O2S2. The number of nitrogens with one attached hydrogen (secondary N) is 2. The van der Waals surface area contributed by atoms with Gasteiger partial charge in [0.05, 0.1) is 12.2 Å². The molecular weight excluding hydrogens is 258 g/mol. The zero-order valence-corrected chi connectivity index (χ0v) is 11.3. The molecule has 0 fully saturated rings. The van der Waals surface area contributed by atoms with Crippen LogP contribution in [-0.2, 0) is 11.2 Å². The van der Waals surface area contributed by atoms with Crippen LogP contribution in [0, 0.1) is 0 Å². The molecule has 4 N–H and O–H groups in total.